The minimum atomic E-state index is 0.0342. The largest absolute Gasteiger partial charge is 0.324 e. The van der Waals surface area contributed by atoms with Gasteiger partial charge in [-0.15, -0.1) is 0 Å². The molecule has 0 heterocycles. The van der Waals surface area contributed by atoms with Crippen LogP contribution in [0.25, 0.3) is 0 Å². The fourth-order valence-electron chi connectivity index (χ4n) is 2.24. The monoisotopic (exact) mass is 288 g/mol. The Hall–Kier alpha value is -1.35. The van der Waals surface area contributed by atoms with Crippen LogP contribution in [-0.4, -0.2) is 18.5 Å². The molecule has 3 heteroatoms. The van der Waals surface area contributed by atoms with Crippen molar-refractivity contribution in [1.29, 1.82) is 0 Å². The fraction of sp³-hybridized carbons (Fsp3) is 0.294. The molecule has 0 bridgehead atoms. The van der Waals surface area contributed by atoms with Crippen molar-refractivity contribution in [1.82, 2.24) is 4.90 Å². The van der Waals surface area contributed by atoms with Crippen LogP contribution in [0.1, 0.15) is 23.6 Å². The third-order valence-corrected chi connectivity index (χ3v) is 3.63. The van der Waals surface area contributed by atoms with E-state index >= 15 is 0 Å². The highest BCUT2D eigenvalue weighted by Gasteiger charge is 2.08. The molecule has 0 aromatic heterocycles. The third kappa shape index (κ3) is 4.64. The zero-order valence-electron chi connectivity index (χ0n) is 11.8. The van der Waals surface area contributed by atoms with Gasteiger partial charge in [-0.05, 0) is 43.3 Å². The van der Waals surface area contributed by atoms with Crippen LogP contribution in [0.2, 0.25) is 5.02 Å². The van der Waals surface area contributed by atoms with Gasteiger partial charge in [0.1, 0.15) is 0 Å². The minimum absolute atomic E-state index is 0.0342. The number of benzene rings is 2. The maximum Gasteiger partial charge on any atom is 0.0409 e. The SMILES string of the molecule is CN(CCC(N)c1cccc(Cl)c1)Cc1ccccc1. The van der Waals surface area contributed by atoms with E-state index in [2.05, 4.69) is 36.2 Å². The smallest absolute Gasteiger partial charge is 0.0409 e. The first-order valence-electron chi connectivity index (χ1n) is 6.88. The molecule has 0 saturated carbocycles. The van der Waals surface area contributed by atoms with E-state index in [0.717, 1.165) is 30.1 Å². The van der Waals surface area contributed by atoms with Crippen molar-refractivity contribution in [2.24, 2.45) is 5.73 Å². The van der Waals surface area contributed by atoms with Crippen LogP contribution in [0.3, 0.4) is 0 Å². The number of nitrogens with two attached hydrogens (primary N) is 1. The summed E-state index contributed by atoms with van der Waals surface area (Å²) in [4.78, 5) is 2.29. The van der Waals surface area contributed by atoms with Crippen LogP contribution in [-0.2, 0) is 6.54 Å². The molecule has 2 nitrogen and oxygen atoms in total. The lowest BCUT2D eigenvalue weighted by Crippen LogP contribution is -2.23. The van der Waals surface area contributed by atoms with Gasteiger partial charge in [0.05, 0.1) is 0 Å². The Morgan fingerprint density at radius 2 is 1.85 bits per heavy atom. The van der Waals surface area contributed by atoms with Crippen LogP contribution < -0.4 is 5.73 Å². The van der Waals surface area contributed by atoms with Crippen LogP contribution >= 0.6 is 11.6 Å². The van der Waals surface area contributed by atoms with Crippen molar-refractivity contribution in [3.05, 3.63) is 70.7 Å². The number of nitrogens with zero attached hydrogens (tertiary/aromatic N) is 1. The zero-order valence-corrected chi connectivity index (χ0v) is 12.6. The molecule has 2 rings (SSSR count). The van der Waals surface area contributed by atoms with E-state index in [0.29, 0.717) is 0 Å². The van der Waals surface area contributed by atoms with Crippen molar-refractivity contribution in [3.63, 3.8) is 0 Å². The number of halogens is 1. The van der Waals surface area contributed by atoms with Gasteiger partial charge in [0.25, 0.3) is 0 Å². The Morgan fingerprint density at radius 3 is 2.55 bits per heavy atom. The molecule has 0 spiro atoms. The standard InChI is InChI=1S/C17H21ClN2/c1-20(13-14-6-3-2-4-7-14)11-10-17(19)15-8-5-9-16(18)12-15/h2-9,12,17H,10-11,13,19H2,1H3. The second-order valence-corrected chi connectivity index (χ2v) is 5.61. The fourth-order valence-corrected chi connectivity index (χ4v) is 2.44. The number of hydrogen-bond donors (Lipinski definition) is 1. The van der Waals surface area contributed by atoms with Gasteiger partial charge in [0, 0.05) is 17.6 Å². The van der Waals surface area contributed by atoms with Gasteiger partial charge in [0.2, 0.25) is 0 Å². The van der Waals surface area contributed by atoms with Crippen LogP contribution in [0.4, 0.5) is 0 Å². The summed E-state index contributed by atoms with van der Waals surface area (Å²) < 4.78 is 0. The normalized spacial score (nSPS) is 12.6. The highest BCUT2D eigenvalue weighted by Crippen LogP contribution is 2.18. The third-order valence-electron chi connectivity index (χ3n) is 3.39. The summed E-state index contributed by atoms with van der Waals surface area (Å²) in [7, 11) is 2.12. The Balaban J connectivity index is 1.82. The first-order chi connectivity index (χ1) is 9.65. The highest BCUT2D eigenvalue weighted by molar-refractivity contribution is 6.30. The molecule has 1 atom stereocenters. The molecule has 2 N–H and O–H groups in total. The molecule has 106 valence electrons. The van der Waals surface area contributed by atoms with Crippen LogP contribution in [0.5, 0.6) is 0 Å². The summed E-state index contributed by atoms with van der Waals surface area (Å²) in [6.07, 6.45) is 0.920. The van der Waals surface area contributed by atoms with Gasteiger partial charge in [0.15, 0.2) is 0 Å². The molecule has 0 aliphatic heterocycles. The first-order valence-corrected chi connectivity index (χ1v) is 7.26. The van der Waals surface area contributed by atoms with Crippen molar-refractivity contribution in [2.75, 3.05) is 13.6 Å². The molecule has 0 saturated heterocycles. The maximum atomic E-state index is 6.22. The number of hydrogen-bond acceptors (Lipinski definition) is 2. The van der Waals surface area contributed by atoms with Gasteiger partial charge in [-0.3, -0.25) is 0 Å². The van der Waals surface area contributed by atoms with Crippen molar-refractivity contribution in [2.45, 2.75) is 19.0 Å². The maximum absolute atomic E-state index is 6.22. The molecule has 0 fully saturated rings. The van der Waals surface area contributed by atoms with Gasteiger partial charge >= 0.3 is 0 Å². The van der Waals surface area contributed by atoms with Gasteiger partial charge in [-0.25, -0.2) is 0 Å². The van der Waals surface area contributed by atoms with E-state index in [9.17, 15) is 0 Å². The molecule has 2 aromatic carbocycles. The molecule has 0 amide bonds. The lowest BCUT2D eigenvalue weighted by Gasteiger charge is -2.19. The predicted molar refractivity (Wildman–Crippen MR) is 85.8 cm³/mol. The highest BCUT2D eigenvalue weighted by atomic mass is 35.5. The lowest BCUT2D eigenvalue weighted by molar-refractivity contribution is 0.311. The van der Waals surface area contributed by atoms with Gasteiger partial charge in [-0.1, -0.05) is 54.1 Å². The van der Waals surface area contributed by atoms with E-state index < -0.39 is 0 Å². The van der Waals surface area contributed by atoms with E-state index in [1.807, 2.05) is 30.3 Å². The molecule has 0 radical (unpaired) electrons. The predicted octanol–water partition coefficient (Wildman–Crippen LogP) is 3.86. The minimum Gasteiger partial charge on any atom is -0.324 e. The van der Waals surface area contributed by atoms with Crippen LogP contribution in [0, 0.1) is 0 Å². The molecule has 0 aliphatic rings. The van der Waals surface area contributed by atoms with Crippen molar-refractivity contribution < 1.29 is 0 Å². The summed E-state index contributed by atoms with van der Waals surface area (Å²) in [6, 6.07) is 18.3. The summed E-state index contributed by atoms with van der Waals surface area (Å²) in [5.74, 6) is 0. The van der Waals surface area contributed by atoms with E-state index in [-0.39, 0.29) is 6.04 Å². The average molecular weight is 289 g/mol. The van der Waals surface area contributed by atoms with E-state index in [4.69, 9.17) is 17.3 Å². The van der Waals surface area contributed by atoms with Crippen molar-refractivity contribution in [3.8, 4) is 0 Å². The van der Waals surface area contributed by atoms with Gasteiger partial charge in [-0.2, -0.15) is 0 Å². The van der Waals surface area contributed by atoms with E-state index in [1.165, 1.54) is 5.56 Å². The first kappa shape index (κ1) is 15.0. The second-order valence-electron chi connectivity index (χ2n) is 5.17. The average Bonchev–Trinajstić information content (AvgIpc) is 2.46. The van der Waals surface area contributed by atoms with E-state index in [1.54, 1.807) is 0 Å². The molecular weight excluding hydrogens is 268 g/mol. The van der Waals surface area contributed by atoms with Crippen molar-refractivity contribution >= 4 is 11.6 Å². The lowest BCUT2D eigenvalue weighted by atomic mass is 10.0. The molecule has 1 unspecified atom stereocenters. The Labute approximate surface area is 126 Å². The van der Waals surface area contributed by atoms with Crippen LogP contribution in [0.15, 0.2) is 54.6 Å². The molecule has 2 aromatic rings. The summed E-state index contributed by atoms with van der Waals surface area (Å²) >= 11 is 5.99. The summed E-state index contributed by atoms with van der Waals surface area (Å²) in [5, 5.41) is 0.746. The summed E-state index contributed by atoms with van der Waals surface area (Å²) in [5.41, 5.74) is 8.65. The molecule has 20 heavy (non-hydrogen) atoms. The summed E-state index contributed by atoms with van der Waals surface area (Å²) in [6.45, 7) is 1.91. The molecular formula is C17H21ClN2. The van der Waals surface area contributed by atoms with Gasteiger partial charge < -0.3 is 10.6 Å². The zero-order chi connectivity index (χ0) is 14.4. The quantitative estimate of drug-likeness (QED) is 0.874. The topological polar surface area (TPSA) is 29.3 Å². The molecule has 0 aliphatic carbocycles. The Bertz CT molecular complexity index is 528. The Kier molecular flexibility index (Phi) is 5.60. The second kappa shape index (κ2) is 7.44. The number of rotatable bonds is 6. The Morgan fingerprint density at radius 1 is 1.10 bits per heavy atom.